The van der Waals surface area contributed by atoms with Crippen LogP contribution < -0.4 is 14.5 Å². The second kappa shape index (κ2) is 10.8. The lowest BCUT2D eigenvalue weighted by Gasteiger charge is -2.45. The molecule has 3 heteroatoms. The molecule has 3 nitrogen and oxygen atoms in total. The van der Waals surface area contributed by atoms with Crippen LogP contribution in [0.15, 0.2) is 170 Å². The van der Waals surface area contributed by atoms with Crippen LogP contribution in [0.4, 0.5) is 34.1 Å². The van der Waals surface area contributed by atoms with Gasteiger partial charge in [-0.2, -0.15) is 0 Å². The number of para-hydroxylation sites is 1. The summed E-state index contributed by atoms with van der Waals surface area (Å²) in [6.45, 7) is 4.69. The smallest absolute Gasteiger partial charge is 0.153 e. The third kappa shape index (κ3) is 4.30. The fraction of sp³-hybridized carbons (Fsp3) is 0.0638. The highest BCUT2D eigenvalue weighted by Crippen LogP contribution is 2.62. The molecule has 0 N–H and O–H groups in total. The summed E-state index contributed by atoms with van der Waals surface area (Å²) in [5.41, 5.74) is 11.3. The van der Waals surface area contributed by atoms with Crippen molar-refractivity contribution in [2.45, 2.75) is 19.3 Å². The minimum atomic E-state index is -0.287. The number of rotatable bonds is 4. The Hall–Kier alpha value is -6.32. The third-order valence-corrected chi connectivity index (χ3v) is 10.6. The van der Waals surface area contributed by atoms with Crippen molar-refractivity contribution in [1.82, 2.24) is 0 Å². The molecule has 0 aromatic heterocycles. The zero-order valence-corrected chi connectivity index (χ0v) is 28.0. The molecule has 0 saturated carbocycles. The van der Waals surface area contributed by atoms with Crippen LogP contribution in [0.2, 0.25) is 0 Å². The fourth-order valence-corrected chi connectivity index (χ4v) is 8.07. The van der Waals surface area contributed by atoms with E-state index >= 15 is 0 Å². The lowest BCUT2D eigenvalue weighted by Crippen LogP contribution is -2.32. The quantitative estimate of drug-likeness (QED) is 0.190. The van der Waals surface area contributed by atoms with Gasteiger partial charge >= 0.3 is 0 Å². The predicted octanol–water partition coefficient (Wildman–Crippen LogP) is 13.3. The van der Waals surface area contributed by atoms with E-state index in [-0.39, 0.29) is 5.41 Å². The number of nitrogens with zero attached hydrogens (tertiary/aromatic N) is 2. The summed E-state index contributed by atoms with van der Waals surface area (Å²) in [4.78, 5) is 4.82. The van der Waals surface area contributed by atoms with Crippen molar-refractivity contribution < 1.29 is 4.74 Å². The number of anilines is 6. The Morgan fingerprint density at radius 1 is 0.460 bits per heavy atom. The van der Waals surface area contributed by atoms with E-state index in [0.717, 1.165) is 39.9 Å². The highest BCUT2D eigenvalue weighted by molar-refractivity contribution is 6.06. The van der Waals surface area contributed by atoms with Gasteiger partial charge in [-0.3, -0.25) is 0 Å². The molecule has 0 aliphatic carbocycles. The number of ether oxygens (including phenoxy) is 1. The highest BCUT2D eigenvalue weighted by Gasteiger charge is 2.42. The lowest BCUT2D eigenvalue weighted by molar-refractivity contribution is 0.472. The van der Waals surface area contributed by atoms with Gasteiger partial charge < -0.3 is 14.5 Å². The van der Waals surface area contributed by atoms with Crippen molar-refractivity contribution in [1.29, 1.82) is 0 Å². The summed E-state index contributed by atoms with van der Waals surface area (Å²) in [7, 11) is 0. The van der Waals surface area contributed by atoms with Gasteiger partial charge in [-0.1, -0.05) is 135 Å². The summed E-state index contributed by atoms with van der Waals surface area (Å²) in [5.74, 6) is 1.72. The minimum absolute atomic E-state index is 0.287. The van der Waals surface area contributed by atoms with E-state index in [4.69, 9.17) is 4.74 Å². The maximum atomic E-state index is 6.98. The molecule has 238 valence electrons. The summed E-state index contributed by atoms with van der Waals surface area (Å²) in [5, 5.41) is 4.79. The molecule has 8 aromatic rings. The van der Waals surface area contributed by atoms with Crippen LogP contribution in [0, 0.1) is 0 Å². The van der Waals surface area contributed by atoms with Crippen LogP contribution in [0.5, 0.6) is 11.5 Å². The summed E-state index contributed by atoms with van der Waals surface area (Å²) >= 11 is 0. The highest BCUT2D eigenvalue weighted by atomic mass is 16.5. The van der Waals surface area contributed by atoms with Crippen molar-refractivity contribution in [3.05, 3.63) is 181 Å². The van der Waals surface area contributed by atoms with E-state index in [2.05, 4.69) is 194 Å². The molecular formula is C47H34N2O. The molecule has 0 amide bonds. The first kappa shape index (κ1) is 28.7. The van der Waals surface area contributed by atoms with E-state index in [9.17, 15) is 0 Å². The Bertz CT molecular complexity index is 2610. The molecule has 2 aliphatic heterocycles. The summed E-state index contributed by atoms with van der Waals surface area (Å²) < 4.78 is 6.98. The van der Waals surface area contributed by atoms with Gasteiger partial charge in [0.05, 0.1) is 22.7 Å². The SMILES string of the molecule is CC1(C)c2ccccc2N2c3c(cc(N(c4ccc(-c5ccccc5)cc4)c4ccc5ccccc5c4)cc31)Oc1ccc3ccccc3c12. The van der Waals surface area contributed by atoms with Crippen molar-refractivity contribution in [3.8, 4) is 22.6 Å². The molecule has 0 spiro atoms. The lowest BCUT2D eigenvalue weighted by atomic mass is 9.72. The van der Waals surface area contributed by atoms with E-state index in [1.54, 1.807) is 0 Å². The first-order valence-electron chi connectivity index (χ1n) is 17.3. The number of hydrogen-bond acceptors (Lipinski definition) is 3. The topological polar surface area (TPSA) is 15.7 Å². The molecule has 50 heavy (non-hydrogen) atoms. The number of hydrogen-bond donors (Lipinski definition) is 0. The van der Waals surface area contributed by atoms with Crippen molar-refractivity contribution in [3.63, 3.8) is 0 Å². The normalized spacial score (nSPS) is 13.7. The van der Waals surface area contributed by atoms with Crippen LogP contribution in [-0.2, 0) is 5.41 Å². The molecule has 0 saturated heterocycles. The molecule has 0 radical (unpaired) electrons. The van der Waals surface area contributed by atoms with Gasteiger partial charge in [0.2, 0.25) is 0 Å². The number of fused-ring (bicyclic) bond motifs is 7. The first-order valence-corrected chi connectivity index (χ1v) is 17.3. The molecule has 0 fully saturated rings. The molecule has 0 unspecified atom stereocenters. The molecule has 2 aliphatic rings. The van der Waals surface area contributed by atoms with Gasteiger partial charge in [-0.25, -0.2) is 0 Å². The Morgan fingerprint density at radius 2 is 1.12 bits per heavy atom. The maximum absolute atomic E-state index is 6.98. The molecule has 2 heterocycles. The molecule has 8 aromatic carbocycles. The largest absolute Gasteiger partial charge is 0.453 e. The Labute approximate surface area is 292 Å². The minimum Gasteiger partial charge on any atom is -0.453 e. The third-order valence-electron chi connectivity index (χ3n) is 10.6. The van der Waals surface area contributed by atoms with Crippen molar-refractivity contribution >= 4 is 55.7 Å². The summed E-state index contributed by atoms with van der Waals surface area (Å²) in [6, 6.07) is 61.2. The van der Waals surface area contributed by atoms with E-state index in [1.165, 1.54) is 49.5 Å². The molecule has 10 rings (SSSR count). The zero-order valence-electron chi connectivity index (χ0n) is 28.0. The van der Waals surface area contributed by atoms with Gasteiger partial charge in [0, 0.05) is 28.2 Å². The van der Waals surface area contributed by atoms with Gasteiger partial charge in [-0.15, -0.1) is 0 Å². The average Bonchev–Trinajstić information content (AvgIpc) is 3.17. The van der Waals surface area contributed by atoms with Crippen LogP contribution in [0.25, 0.3) is 32.7 Å². The number of benzene rings is 8. The monoisotopic (exact) mass is 642 g/mol. The van der Waals surface area contributed by atoms with Crippen molar-refractivity contribution in [2.75, 3.05) is 9.80 Å². The first-order chi connectivity index (χ1) is 24.5. The Morgan fingerprint density at radius 3 is 1.96 bits per heavy atom. The Kier molecular flexibility index (Phi) is 6.22. The second-order valence-electron chi connectivity index (χ2n) is 13.8. The van der Waals surface area contributed by atoms with Crippen LogP contribution >= 0.6 is 0 Å². The van der Waals surface area contributed by atoms with Crippen LogP contribution in [-0.4, -0.2) is 0 Å². The van der Waals surface area contributed by atoms with Crippen LogP contribution in [0.1, 0.15) is 25.0 Å². The molecular weight excluding hydrogens is 609 g/mol. The molecule has 0 bridgehead atoms. The van der Waals surface area contributed by atoms with Crippen molar-refractivity contribution in [2.24, 2.45) is 0 Å². The van der Waals surface area contributed by atoms with E-state index in [1.807, 2.05) is 0 Å². The maximum Gasteiger partial charge on any atom is 0.153 e. The zero-order chi connectivity index (χ0) is 33.4. The van der Waals surface area contributed by atoms with Gasteiger partial charge in [-0.05, 0) is 80.9 Å². The van der Waals surface area contributed by atoms with Gasteiger partial charge in [0.15, 0.2) is 11.5 Å². The van der Waals surface area contributed by atoms with E-state index < -0.39 is 0 Å². The fourth-order valence-electron chi connectivity index (χ4n) is 8.07. The Balaban J connectivity index is 1.22. The van der Waals surface area contributed by atoms with E-state index in [0.29, 0.717) is 0 Å². The van der Waals surface area contributed by atoms with Crippen LogP contribution in [0.3, 0.4) is 0 Å². The predicted molar refractivity (Wildman–Crippen MR) is 208 cm³/mol. The molecule has 0 atom stereocenters. The van der Waals surface area contributed by atoms with Gasteiger partial charge in [0.25, 0.3) is 0 Å². The second-order valence-corrected chi connectivity index (χ2v) is 13.8. The average molecular weight is 643 g/mol. The van der Waals surface area contributed by atoms with Gasteiger partial charge in [0.1, 0.15) is 0 Å². The standard InChI is InChI=1S/C47H34N2O/c1-47(2)40-18-10-11-19-42(40)49-45-39-17-9-8-15-34(39)23-27-43(45)50-44-30-38(29-41(47)46(44)49)48(37-26-22-32-14-6-7-16-35(32)28-37)36-24-20-33(21-25-36)31-12-4-3-5-13-31/h3-30H,1-2H3. The summed E-state index contributed by atoms with van der Waals surface area (Å²) in [6.07, 6.45) is 0.